The Morgan fingerprint density at radius 3 is 2.32 bits per heavy atom. The first kappa shape index (κ1) is 24.3. The minimum Gasteiger partial charge on any atom is -0.466 e. The second-order valence-electron chi connectivity index (χ2n) is 7.43. The fraction of sp³-hybridized carbons (Fsp3) is 0.714. The Hall–Kier alpha value is -2.96. The van der Waals surface area contributed by atoms with E-state index in [-0.39, 0.29) is 32.5 Å². The van der Waals surface area contributed by atoms with Gasteiger partial charge in [0.1, 0.15) is 12.1 Å². The average molecular weight is 438 g/mol. The predicted molar refractivity (Wildman–Crippen MR) is 111 cm³/mol. The summed E-state index contributed by atoms with van der Waals surface area (Å²) in [6, 6.07) is -2.29. The van der Waals surface area contributed by atoms with Crippen molar-refractivity contribution in [3.63, 3.8) is 0 Å². The smallest absolute Gasteiger partial charge is 0.328 e. The van der Waals surface area contributed by atoms with Gasteiger partial charge in [0, 0.05) is 19.3 Å². The lowest BCUT2D eigenvalue weighted by Crippen LogP contribution is -2.54. The van der Waals surface area contributed by atoms with E-state index in [1.54, 1.807) is 27.7 Å². The highest BCUT2D eigenvalue weighted by Crippen LogP contribution is 2.36. The van der Waals surface area contributed by atoms with Crippen LogP contribution in [-0.2, 0) is 28.7 Å². The molecule has 0 radical (unpaired) electrons. The third kappa shape index (κ3) is 9.15. The van der Waals surface area contributed by atoms with Gasteiger partial charge in [-0.05, 0) is 26.2 Å². The molecule has 0 saturated carbocycles. The van der Waals surface area contributed by atoms with Crippen LogP contribution in [0.2, 0.25) is 1.41 Å². The molecule has 31 heavy (non-hydrogen) atoms. The second kappa shape index (κ2) is 12.7. The summed E-state index contributed by atoms with van der Waals surface area (Å²) in [5.41, 5.74) is -0.923. The first-order chi connectivity index (χ1) is 15.1. The van der Waals surface area contributed by atoms with Gasteiger partial charge in [-0.25, -0.2) is 4.79 Å². The quantitative estimate of drug-likeness (QED) is 0.312. The Kier molecular flexibility index (Phi) is 9.94. The summed E-state index contributed by atoms with van der Waals surface area (Å²) in [5.74, 6) is -0.528. The van der Waals surface area contributed by atoms with Gasteiger partial charge in [0.15, 0.2) is 1.41 Å². The van der Waals surface area contributed by atoms with Gasteiger partial charge in [-0.3, -0.25) is 14.4 Å². The second-order valence-corrected chi connectivity index (χ2v) is 7.43. The normalized spacial score (nSPS) is 15.8. The number of carbonyl (C=O) groups is 4. The Bertz CT molecular complexity index is 758. The summed E-state index contributed by atoms with van der Waals surface area (Å²) in [7, 11) is 0. The summed E-state index contributed by atoms with van der Waals surface area (Å²) in [6.07, 6.45) is 5.72. The van der Waals surface area contributed by atoms with Gasteiger partial charge in [-0.1, -0.05) is 13.8 Å². The largest absolute Gasteiger partial charge is 0.466 e. The minimum absolute atomic E-state index is 0.0346. The molecule has 0 aromatic rings. The van der Waals surface area contributed by atoms with Crippen molar-refractivity contribution in [1.29, 1.82) is 0 Å². The van der Waals surface area contributed by atoms with Gasteiger partial charge < -0.3 is 20.1 Å². The Morgan fingerprint density at radius 1 is 1.16 bits per heavy atom. The van der Waals surface area contributed by atoms with Crippen molar-refractivity contribution in [1.82, 2.24) is 10.6 Å². The van der Waals surface area contributed by atoms with E-state index in [9.17, 15) is 19.2 Å². The molecule has 2 atom stereocenters. The first-order valence-corrected chi connectivity index (χ1v) is 10.4. The lowest BCUT2D eigenvalue weighted by molar-refractivity contribution is -0.149. The van der Waals surface area contributed by atoms with E-state index >= 15 is 0 Å². The monoisotopic (exact) mass is 437 g/mol. The molecule has 1 aliphatic rings. The first-order valence-electron chi connectivity index (χ1n) is 10.9. The zero-order chi connectivity index (χ0) is 24.3. The number of hydrogen-bond acceptors (Lipinski definition) is 8. The highest BCUT2D eigenvalue weighted by Gasteiger charge is 2.42. The molecule has 2 amide bonds. The highest BCUT2D eigenvalue weighted by molar-refractivity contribution is 5.91. The molecule has 1 aliphatic heterocycles. The lowest BCUT2D eigenvalue weighted by Gasteiger charge is -2.25. The summed E-state index contributed by atoms with van der Waals surface area (Å²) in [4.78, 5) is 49.6. The topological polar surface area (TPSA) is 136 Å². The van der Waals surface area contributed by atoms with E-state index in [1.165, 1.54) is 0 Å². The molecule has 0 aliphatic carbocycles. The van der Waals surface area contributed by atoms with Crippen molar-refractivity contribution < 1.29 is 30.1 Å². The van der Waals surface area contributed by atoms with E-state index in [2.05, 4.69) is 21.5 Å². The van der Waals surface area contributed by atoms with Crippen LogP contribution in [0, 0.1) is 18.3 Å². The van der Waals surface area contributed by atoms with E-state index in [1.807, 2.05) is 0 Å². The number of carbonyl (C=O) groups excluding carboxylic acids is 4. The molecule has 1 heterocycles. The molecule has 0 bridgehead atoms. The Morgan fingerprint density at radius 2 is 1.81 bits per heavy atom. The molecule has 172 valence electrons. The summed E-state index contributed by atoms with van der Waals surface area (Å²) >= 11 is 0. The van der Waals surface area contributed by atoms with Gasteiger partial charge in [0.05, 0.1) is 19.6 Å². The van der Waals surface area contributed by atoms with Crippen molar-refractivity contribution in [3.05, 3.63) is 0 Å². The lowest BCUT2D eigenvalue weighted by atomic mass is 10.00. The standard InChI is InChI=1S/C21H32N4O6/c1-6-9-12-21(24-25-21)13-16(26)23-18(14(4)5)19(28)22-15(20(29)31-8-3)10-11-17(27)30-7-2/h1,14-15,18H,7-13H2,2-5H3,(H,22,28)(H,23,26)/t15-,18-/m0/s1/i/hD. The number of esters is 2. The number of ether oxygens (including phenoxy) is 2. The molecule has 10 heteroatoms. The average Bonchev–Trinajstić information content (AvgIpc) is 3.49. The SMILES string of the molecule is [2H]N(C(=O)CC1(CCC#C)N=N1)[C@H](C(=O)N[C@@H](CCC(=O)OCC)C(=O)OCC)C(C)C. The van der Waals surface area contributed by atoms with Crippen molar-refractivity contribution in [2.75, 3.05) is 13.2 Å². The fourth-order valence-corrected chi connectivity index (χ4v) is 2.80. The zero-order valence-corrected chi connectivity index (χ0v) is 18.6. The zero-order valence-electron chi connectivity index (χ0n) is 19.6. The van der Waals surface area contributed by atoms with E-state index < -0.39 is 47.4 Å². The molecular weight excluding hydrogens is 404 g/mol. The molecule has 0 aromatic heterocycles. The van der Waals surface area contributed by atoms with Crippen molar-refractivity contribution in [2.45, 2.75) is 77.5 Å². The van der Waals surface area contributed by atoms with E-state index in [0.717, 1.165) is 0 Å². The van der Waals surface area contributed by atoms with Crippen LogP contribution in [0.4, 0.5) is 0 Å². The maximum atomic E-state index is 13.0. The summed E-state index contributed by atoms with van der Waals surface area (Å²) < 4.78 is 18.1. The number of terminal acetylenes is 1. The number of amides is 2. The maximum Gasteiger partial charge on any atom is 0.328 e. The third-order valence-electron chi connectivity index (χ3n) is 4.50. The van der Waals surface area contributed by atoms with Crippen LogP contribution in [-0.4, -0.2) is 54.7 Å². The molecule has 2 N–H and O–H groups in total. The van der Waals surface area contributed by atoms with Gasteiger partial charge in [-0.2, -0.15) is 10.2 Å². The van der Waals surface area contributed by atoms with E-state index in [0.29, 0.717) is 18.2 Å². The van der Waals surface area contributed by atoms with Gasteiger partial charge in [0.25, 0.3) is 0 Å². The Labute approximate surface area is 184 Å². The predicted octanol–water partition coefficient (Wildman–Crippen LogP) is 1.48. The highest BCUT2D eigenvalue weighted by atomic mass is 16.5. The Balaban J connectivity index is 2.86. The molecular formula is C21H32N4O6. The molecule has 0 unspecified atom stereocenters. The molecule has 0 saturated heterocycles. The molecule has 0 spiro atoms. The van der Waals surface area contributed by atoms with Gasteiger partial charge in [-0.15, -0.1) is 12.3 Å². The van der Waals surface area contributed by atoms with Crippen molar-refractivity contribution in [3.8, 4) is 12.3 Å². The maximum absolute atomic E-state index is 13.0. The van der Waals surface area contributed by atoms with Crippen LogP contribution in [0.15, 0.2) is 10.2 Å². The van der Waals surface area contributed by atoms with Crippen LogP contribution in [0.25, 0.3) is 0 Å². The van der Waals surface area contributed by atoms with Crippen LogP contribution < -0.4 is 10.6 Å². The minimum atomic E-state index is -1.18. The molecule has 0 fully saturated rings. The van der Waals surface area contributed by atoms with Gasteiger partial charge >= 0.3 is 11.9 Å². The van der Waals surface area contributed by atoms with Crippen LogP contribution in [0.1, 0.15) is 59.8 Å². The van der Waals surface area contributed by atoms with Gasteiger partial charge in [0.2, 0.25) is 17.5 Å². The number of nitrogens with one attached hydrogen (secondary N) is 2. The van der Waals surface area contributed by atoms with Crippen LogP contribution in [0.5, 0.6) is 0 Å². The third-order valence-corrected chi connectivity index (χ3v) is 4.50. The van der Waals surface area contributed by atoms with Crippen LogP contribution >= 0.6 is 0 Å². The summed E-state index contributed by atoms with van der Waals surface area (Å²) in [5, 5.41) is 10.9. The number of hydrogen-bond donors (Lipinski definition) is 2. The van der Waals surface area contributed by atoms with Crippen molar-refractivity contribution in [2.24, 2.45) is 16.1 Å². The summed E-state index contributed by atoms with van der Waals surface area (Å²) in [6.45, 7) is 6.92. The number of rotatable bonds is 14. The van der Waals surface area contributed by atoms with E-state index in [4.69, 9.17) is 17.3 Å². The number of nitrogens with zero attached hydrogens (tertiary/aromatic N) is 2. The fourth-order valence-electron chi connectivity index (χ4n) is 2.80. The molecule has 0 aromatic carbocycles. The van der Waals surface area contributed by atoms with Crippen molar-refractivity contribution >= 4 is 23.8 Å². The molecule has 10 nitrogen and oxygen atoms in total. The van der Waals surface area contributed by atoms with Crippen LogP contribution in [0.3, 0.4) is 0 Å². The molecule has 1 rings (SSSR count).